The summed E-state index contributed by atoms with van der Waals surface area (Å²) in [7, 11) is 0. The Morgan fingerprint density at radius 1 is 1.48 bits per heavy atom. The third-order valence-corrected chi connectivity index (χ3v) is 5.05. The molecule has 1 spiro atoms. The van der Waals surface area contributed by atoms with Crippen molar-refractivity contribution in [3.8, 4) is 0 Å². The van der Waals surface area contributed by atoms with E-state index in [9.17, 15) is 10.4 Å². The Hall–Kier alpha value is -1.97. The van der Waals surface area contributed by atoms with E-state index < -0.39 is 11.2 Å². The number of furan rings is 1. The summed E-state index contributed by atoms with van der Waals surface area (Å²) in [5.74, 6) is 0.432. The smallest absolute Gasteiger partial charge is 0.292 e. The molecule has 1 atom stereocenters. The third kappa shape index (κ3) is 2.72. The van der Waals surface area contributed by atoms with Crippen LogP contribution < -0.4 is 11.2 Å². The summed E-state index contributed by atoms with van der Waals surface area (Å²) in [6.07, 6.45) is 5.13. The van der Waals surface area contributed by atoms with E-state index in [0.29, 0.717) is 30.0 Å². The molecule has 0 bridgehead atoms. The first-order valence-corrected chi connectivity index (χ1v) is 8.73. The van der Waals surface area contributed by atoms with Gasteiger partial charge in [-0.15, -0.1) is 5.06 Å². The van der Waals surface area contributed by atoms with E-state index in [1.807, 2.05) is 0 Å². The Morgan fingerprint density at radius 3 is 2.88 bits per heavy atom. The molecule has 0 amide bonds. The maximum atomic E-state index is 13.5. The average molecular weight is 365 g/mol. The lowest BCUT2D eigenvalue weighted by Gasteiger charge is -2.35. The summed E-state index contributed by atoms with van der Waals surface area (Å²) < 4.78 is 6.30. The Morgan fingerprint density at radius 2 is 2.24 bits per heavy atom. The van der Waals surface area contributed by atoms with Crippen LogP contribution in [0.1, 0.15) is 51.7 Å². The third-order valence-electron chi connectivity index (χ3n) is 4.96. The summed E-state index contributed by atoms with van der Waals surface area (Å²) in [4.78, 5) is 0. The van der Waals surface area contributed by atoms with Gasteiger partial charge >= 0.3 is 0 Å². The van der Waals surface area contributed by atoms with Crippen LogP contribution >= 0.6 is 12.2 Å². The van der Waals surface area contributed by atoms with Crippen LogP contribution in [-0.2, 0) is 0 Å². The molecule has 4 N–H and O–H groups in total. The van der Waals surface area contributed by atoms with Gasteiger partial charge in [-0.1, -0.05) is 6.42 Å². The lowest BCUT2D eigenvalue weighted by atomic mass is 9.94. The van der Waals surface area contributed by atoms with Gasteiger partial charge in [-0.25, -0.2) is 0 Å². The maximum Gasteiger partial charge on any atom is 0.292 e. The van der Waals surface area contributed by atoms with E-state index in [-0.39, 0.29) is 5.11 Å². The van der Waals surface area contributed by atoms with Crippen LogP contribution in [0, 0.1) is 5.21 Å². The maximum absolute atomic E-state index is 13.5. The number of hydrogen-bond donors (Lipinski definition) is 3. The molecule has 1 aromatic heterocycles. The lowest BCUT2D eigenvalue weighted by Crippen LogP contribution is -2.59. The fourth-order valence-electron chi connectivity index (χ4n) is 3.80. The summed E-state index contributed by atoms with van der Waals surface area (Å²) in [5, 5.41) is 29.9. The van der Waals surface area contributed by atoms with Gasteiger partial charge in [-0.05, 0) is 57.5 Å². The van der Waals surface area contributed by atoms with Gasteiger partial charge in [0, 0.05) is 6.42 Å². The van der Waals surface area contributed by atoms with Gasteiger partial charge in [0.1, 0.15) is 11.3 Å². The van der Waals surface area contributed by atoms with Gasteiger partial charge in [-0.2, -0.15) is 9.84 Å². The highest BCUT2D eigenvalue weighted by Gasteiger charge is 2.65. The highest BCUT2D eigenvalue weighted by molar-refractivity contribution is 7.80. The molecule has 1 aromatic rings. The van der Waals surface area contributed by atoms with E-state index in [4.69, 9.17) is 22.4 Å². The zero-order valence-corrected chi connectivity index (χ0v) is 15.2. The van der Waals surface area contributed by atoms with Crippen molar-refractivity contribution in [1.82, 2.24) is 10.5 Å². The van der Waals surface area contributed by atoms with E-state index >= 15 is 0 Å². The zero-order valence-electron chi connectivity index (χ0n) is 14.4. The van der Waals surface area contributed by atoms with Crippen molar-refractivity contribution in [2.24, 2.45) is 10.8 Å². The number of rotatable bonds is 2. The summed E-state index contributed by atoms with van der Waals surface area (Å²) in [6, 6.07) is 3.44. The minimum absolute atomic E-state index is 0.0151. The zero-order chi connectivity index (χ0) is 18.2. The van der Waals surface area contributed by atoms with Gasteiger partial charge in [0.05, 0.1) is 6.26 Å². The van der Waals surface area contributed by atoms with Crippen molar-refractivity contribution in [1.29, 1.82) is 0 Å². The van der Waals surface area contributed by atoms with Crippen LogP contribution in [-0.4, -0.2) is 42.7 Å². The Bertz CT molecular complexity index is 728. The van der Waals surface area contributed by atoms with Gasteiger partial charge in [0.25, 0.3) is 11.4 Å². The first-order chi connectivity index (χ1) is 11.8. The minimum atomic E-state index is -1.31. The molecule has 136 valence electrons. The highest BCUT2D eigenvalue weighted by Crippen LogP contribution is 2.41. The van der Waals surface area contributed by atoms with Crippen molar-refractivity contribution in [2.75, 3.05) is 0 Å². The molecule has 2 aliphatic rings. The number of nitrogens with zero attached hydrogens (tertiary/aromatic N) is 3. The van der Waals surface area contributed by atoms with Crippen LogP contribution in [0.3, 0.4) is 0 Å². The average Bonchev–Trinajstić information content (AvgIpc) is 3.02. The van der Waals surface area contributed by atoms with Crippen LogP contribution in [0.4, 0.5) is 0 Å². The molecule has 0 aromatic carbocycles. The molecular formula is C16H23N5O3S. The molecule has 8 nitrogen and oxygen atoms in total. The second kappa shape index (κ2) is 6.40. The summed E-state index contributed by atoms with van der Waals surface area (Å²) in [6.45, 7) is 3.57. The van der Waals surface area contributed by atoms with E-state index in [0.717, 1.165) is 29.1 Å². The number of hydrogen-bond acceptors (Lipinski definition) is 6. The molecule has 3 rings (SSSR count). The van der Waals surface area contributed by atoms with Crippen molar-refractivity contribution in [3.63, 3.8) is 0 Å². The number of hydrazone groups is 1. The quantitative estimate of drug-likeness (QED) is 0.317. The van der Waals surface area contributed by atoms with E-state index in [1.54, 1.807) is 26.0 Å². The van der Waals surface area contributed by atoms with E-state index in [2.05, 4.69) is 10.5 Å². The van der Waals surface area contributed by atoms with Gasteiger partial charge < -0.3 is 20.6 Å². The molecule has 1 fully saturated rings. The number of nitrogens with one attached hydrogen (secondary N) is 1. The Balaban J connectivity index is 2.19. The molecule has 1 aliphatic carbocycles. The van der Waals surface area contributed by atoms with Crippen LogP contribution in [0.25, 0.3) is 0 Å². The van der Waals surface area contributed by atoms with Gasteiger partial charge in [0.15, 0.2) is 10.9 Å². The number of nitrogens with two attached hydrogens (primary N) is 1. The van der Waals surface area contributed by atoms with Crippen LogP contribution in [0.2, 0.25) is 0 Å². The Labute approximate surface area is 151 Å². The number of hydroxylamine groups is 3. The first kappa shape index (κ1) is 17.8. The highest BCUT2D eigenvalue weighted by atomic mass is 32.1. The monoisotopic (exact) mass is 365 g/mol. The second-order valence-corrected chi connectivity index (χ2v) is 7.34. The van der Waals surface area contributed by atoms with E-state index in [1.165, 1.54) is 6.26 Å². The largest absolute Gasteiger partial charge is 0.622 e. The van der Waals surface area contributed by atoms with Crippen molar-refractivity contribution in [2.45, 2.75) is 57.2 Å². The van der Waals surface area contributed by atoms with Crippen LogP contribution in [0.5, 0.6) is 0 Å². The molecule has 1 aliphatic heterocycles. The fourth-order valence-corrected chi connectivity index (χ4v) is 3.84. The van der Waals surface area contributed by atoms with Gasteiger partial charge in [0.2, 0.25) is 0 Å². The number of thiocarbonyl (C=S) groups is 1. The topological polar surface area (TPSA) is 113 Å². The van der Waals surface area contributed by atoms with Crippen molar-refractivity contribution < 1.29 is 14.4 Å². The molecule has 9 heteroatoms. The lowest BCUT2D eigenvalue weighted by molar-refractivity contribution is -0.567. The molecule has 0 saturated heterocycles. The van der Waals surface area contributed by atoms with Gasteiger partial charge in [-0.3, -0.25) is 5.43 Å². The minimum Gasteiger partial charge on any atom is -0.622 e. The predicted molar refractivity (Wildman–Crippen MR) is 97.3 cm³/mol. The fraction of sp³-hybridized carbons (Fsp3) is 0.562. The first-order valence-electron chi connectivity index (χ1n) is 8.32. The Kier molecular flexibility index (Phi) is 4.56. The molecule has 25 heavy (non-hydrogen) atoms. The standard InChI is InChI=1S/C16H23N5O3S/c1-15(2)13(11-7-6-10-24-11)20(22)16(21(15)23)9-5-3-4-8-12(16)18-19-14(17)25/h6-7,10,23H,3-5,8-9H2,1-2H3,(H3,17,19,25). The molecular weight excluding hydrogens is 342 g/mol. The normalized spacial score (nSPS) is 28.5. The summed E-state index contributed by atoms with van der Waals surface area (Å²) >= 11 is 4.82. The van der Waals surface area contributed by atoms with Crippen molar-refractivity contribution in [3.05, 3.63) is 29.4 Å². The molecule has 1 unspecified atom stereocenters. The molecule has 2 heterocycles. The predicted octanol–water partition coefficient (Wildman–Crippen LogP) is 1.91. The second-order valence-electron chi connectivity index (χ2n) is 6.90. The summed E-state index contributed by atoms with van der Waals surface area (Å²) in [5.41, 5.74) is 6.69. The SMILES string of the molecule is CC1(C)C(c2ccco2)=[N+]([O-])C2(CCCCCC2=NNC(N)=S)N1O. The molecule has 0 radical (unpaired) electrons. The van der Waals surface area contributed by atoms with Crippen LogP contribution in [0.15, 0.2) is 27.9 Å². The molecule has 1 saturated carbocycles. The van der Waals surface area contributed by atoms with Crippen molar-refractivity contribution >= 4 is 28.8 Å².